The van der Waals surface area contributed by atoms with Crippen LogP contribution in [0.4, 0.5) is 16.2 Å². The van der Waals surface area contributed by atoms with Crippen LogP contribution in [0.25, 0.3) is 87.1 Å². The van der Waals surface area contributed by atoms with Crippen molar-refractivity contribution >= 4 is 62.1 Å². The predicted octanol–water partition coefficient (Wildman–Crippen LogP) is 9.34. The number of aromatic amines is 2. The molecule has 0 saturated heterocycles. The van der Waals surface area contributed by atoms with E-state index in [9.17, 15) is 14.4 Å². The third-order valence-corrected chi connectivity index (χ3v) is 11.5. The molecule has 0 atom stereocenters. The minimum Gasteiger partial charge on any atom is -0.444 e. The zero-order valence-corrected chi connectivity index (χ0v) is 38.2. The van der Waals surface area contributed by atoms with Crippen LogP contribution in [0.1, 0.15) is 32.2 Å². The molecule has 9 rings (SSSR count). The summed E-state index contributed by atoms with van der Waals surface area (Å²) in [5.41, 5.74) is 14.8. The maximum atomic E-state index is 12.4. The van der Waals surface area contributed by atoms with E-state index < -0.39 is 11.7 Å². The molecule has 9 aromatic rings. The lowest BCUT2D eigenvalue weighted by Gasteiger charge is -2.19. The topological polar surface area (TPSA) is 213 Å². The van der Waals surface area contributed by atoms with Crippen molar-refractivity contribution in [1.29, 1.82) is 0 Å². The molecule has 1 amide bonds. The first kappa shape index (κ1) is 45.3. The van der Waals surface area contributed by atoms with E-state index in [1.165, 1.54) is 11.5 Å². The van der Waals surface area contributed by atoms with Gasteiger partial charge in [0.25, 0.3) is 11.1 Å². The van der Waals surface area contributed by atoms with Gasteiger partial charge in [0.1, 0.15) is 5.60 Å². The summed E-state index contributed by atoms with van der Waals surface area (Å²) in [6, 6.07) is 21.7. The molecule has 19 heteroatoms. The van der Waals surface area contributed by atoms with Crippen molar-refractivity contribution in [2.45, 2.75) is 39.5 Å². The minimum absolute atomic E-state index is 0.0572. The Morgan fingerprint density at radius 2 is 1.27 bits per heavy atom. The van der Waals surface area contributed by atoms with E-state index in [0.717, 1.165) is 44.6 Å². The fourth-order valence-corrected chi connectivity index (χ4v) is 8.33. The number of H-pyrrole nitrogens is 2. The summed E-state index contributed by atoms with van der Waals surface area (Å²) >= 11 is 7.62. The second-order valence-corrected chi connectivity index (χ2v) is 17.3. The Morgan fingerprint density at radius 3 is 1.81 bits per heavy atom. The number of hydrogen-bond acceptors (Lipinski definition) is 11. The molecule has 0 fully saturated rings. The van der Waals surface area contributed by atoms with Crippen LogP contribution in [-0.4, -0.2) is 56.0 Å². The molecule has 0 saturated carbocycles. The van der Waals surface area contributed by atoms with Crippen LogP contribution in [-0.2, 0) is 31.9 Å². The molecule has 5 heterocycles. The number of carbonyl (C=O) groups is 1. The average Bonchev–Trinajstić information content (AvgIpc) is 4.09. The Kier molecular flexibility index (Phi) is 12.6. The first-order valence-corrected chi connectivity index (χ1v) is 21.7. The first-order valence-electron chi connectivity index (χ1n) is 20.5. The quantitative estimate of drug-likeness (QED) is 0.106. The minimum atomic E-state index is -0.640. The summed E-state index contributed by atoms with van der Waals surface area (Å²) < 4.78 is 12.9. The van der Waals surface area contributed by atoms with Gasteiger partial charge in [0.15, 0.2) is 11.4 Å². The number of aryl methyl sites for hydroxylation is 2. The van der Waals surface area contributed by atoms with E-state index in [1.807, 2.05) is 61.1 Å². The Balaban J connectivity index is 0.000000182. The number of rotatable bonds is 8. The molecule has 0 spiro atoms. The molecule has 5 N–H and O–H groups in total. The number of halogens is 1. The smallest absolute Gasteiger partial charge is 0.407 e. The number of hydrogen-bond donors (Lipinski definition) is 4. The van der Waals surface area contributed by atoms with E-state index in [4.69, 9.17) is 35.2 Å². The highest BCUT2D eigenvalue weighted by Gasteiger charge is 2.21. The highest BCUT2D eigenvalue weighted by molar-refractivity contribution is 7.03. The fraction of sp³-hybridized carbons (Fsp3) is 0.167. The van der Waals surface area contributed by atoms with Gasteiger partial charge in [-0.2, -0.15) is 20.4 Å². The van der Waals surface area contributed by atoms with Crippen LogP contribution in [0.3, 0.4) is 0 Å². The largest absolute Gasteiger partial charge is 0.444 e. The van der Waals surface area contributed by atoms with Crippen molar-refractivity contribution in [2.75, 3.05) is 0 Å². The summed E-state index contributed by atoms with van der Waals surface area (Å²) in [7, 11) is 3.64. The number of fused-ring (bicyclic) bond motifs is 2. The highest BCUT2D eigenvalue weighted by Crippen LogP contribution is 2.41. The molecule has 0 bridgehead atoms. The standard InChI is InChI=1S/C25H23ClN6O3.C23H17N7OS/c1-25(2,3)35-24(34)28-13-21-17-10-14(6-8-16(17)23(33)31-30-21)19-12-29-32(5)22(19)18-11-15(26)7-9-20(18)27-4;1-25-20-6-4-13(15-10-27-32-12-15)7-18(20)22-19(11-26-30(22)2)14-3-5-16-17(8-14)21(9-24)28-29-23(16)31/h6-12H,13H2,1-3,5H3,(H,28,34)(H,31,33);3-8,10-12H,9,24H2,2H3,(H,29,31). The number of benzene rings is 4. The lowest BCUT2D eigenvalue weighted by molar-refractivity contribution is 0.0523. The number of carbonyl (C=O) groups excluding carboxylic acids is 1. The van der Waals surface area contributed by atoms with Gasteiger partial charge in [0.2, 0.25) is 0 Å². The Morgan fingerprint density at radius 1 is 0.731 bits per heavy atom. The van der Waals surface area contributed by atoms with Gasteiger partial charge in [0, 0.05) is 75.8 Å². The van der Waals surface area contributed by atoms with Gasteiger partial charge < -0.3 is 15.8 Å². The molecule has 0 unspecified atom stereocenters. The first-order chi connectivity index (χ1) is 32.2. The summed E-state index contributed by atoms with van der Waals surface area (Å²) in [6.07, 6.45) is 4.70. The van der Waals surface area contributed by atoms with Crippen molar-refractivity contribution in [3.05, 3.63) is 157 Å². The number of nitrogens with one attached hydrogen (secondary N) is 3. The van der Waals surface area contributed by atoms with Crippen LogP contribution in [0, 0.1) is 13.1 Å². The van der Waals surface area contributed by atoms with Crippen molar-refractivity contribution in [1.82, 2.24) is 49.6 Å². The van der Waals surface area contributed by atoms with Crippen LogP contribution in [0.2, 0.25) is 5.02 Å². The van der Waals surface area contributed by atoms with E-state index >= 15 is 0 Å². The van der Waals surface area contributed by atoms with E-state index in [-0.39, 0.29) is 24.2 Å². The van der Waals surface area contributed by atoms with E-state index in [2.05, 4.69) is 50.0 Å². The fourth-order valence-electron chi connectivity index (χ4n) is 7.62. The predicted molar refractivity (Wildman–Crippen MR) is 260 cm³/mol. The lowest BCUT2D eigenvalue weighted by Crippen LogP contribution is -2.32. The summed E-state index contributed by atoms with van der Waals surface area (Å²) in [6.45, 7) is 20.8. The normalized spacial score (nSPS) is 11.2. The molecule has 0 aliphatic carbocycles. The van der Waals surface area contributed by atoms with E-state index in [0.29, 0.717) is 60.6 Å². The van der Waals surface area contributed by atoms with Crippen molar-refractivity contribution in [2.24, 2.45) is 19.8 Å². The molecule has 0 radical (unpaired) electrons. The van der Waals surface area contributed by atoms with Crippen LogP contribution in [0.5, 0.6) is 0 Å². The zero-order valence-electron chi connectivity index (χ0n) is 36.7. The third kappa shape index (κ3) is 9.31. The summed E-state index contributed by atoms with van der Waals surface area (Å²) in [5.74, 6) is 0. The van der Waals surface area contributed by atoms with Crippen molar-refractivity contribution < 1.29 is 9.53 Å². The Hall–Kier alpha value is -8.29. The third-order valence-electron chi connectivity index (χ3n) is 10.7. The van der Waals surface area contributed by atoms with Gasteiger partial charge in [-0.1, -0.05) is 54.1 Å². The maximum absolute atomic E-state index is 12.4. The number of amides is 1. The Bertz CT molecular complexity index is 3570. The van der Waals surface area contributed by atoms with E-state index in [1.54, 1.807) is 79.9 Å². The molecular weight excluding hydrogens is 890 g/mol. The van der Waals surface area contributed by atoms with Crippen LogP contribution < -0.4 is 22.2 Å². The maximum Gasteiger partial charge on any atom is 0.407 e. The van der Waals surface area contributed by atoms with Gasteiger partial charge in [-0.05, 0) is 79.3 Å². The molecule has 67 heavy (non-hydrogen) atoms. The number of nitrogens with zero attached hydrogens (tertiary/aromatic N) is 9. The van der Waals surface area contributed by atoms with Gasteiger partial charge in [-0.25, -0.2) is 29.1 Å². The number of nitrogens with two attached hydrogens (primary N) is 1. The lowest BCUT2D eigenvalue weighted by atomic mass is 9.96. The number of alkyl carbamates (subject to hydrolysis) is 1. The average molecular weight is 930 g/mol. The van der Waals surface area contributed by atoms with Crippen LogP contribution in [0.15, 0.2) is 106 Å². The summed E-state index contributed by atoms with van der Waals surface area (Å²) in [4.78, 5) is 44.1. The van der Waals surface area contributed by atoms with Gasteiger partial charge in [-0.15, -0.1) is 0 Å². The second-order valence-electron chi connectivity index (χ2n) is 16.2. The molecule has 5 aromatic heterocycles. The SMILES string of the molecule is [C-]#[N+]c1ccc(-c2cnsc2)cc1-c1c(-c2ccc3c(=O)[nH]nc(CN)c3c2)cnn1C.[C-]#[N+]c1ccc(Cl)cc1-c1c(-c2ccc3c(=O)[nH]nc(CNC(=O)OC(C)(C)C)c3c2)cnn1C. The zero-order chi connectivity index (χ0) is 47.6. The molecule has 4 aromatic carbocycles. The number of ether oxygens (including phenoxy) is 1. The van der Waals surface area contributed by atoms with Gasteiger partial charge in [-0.3, -0.25) is 19.0 Å². The second kappa shape index (κ2) is 18.7. The van der Waals surface area contributed by atoms with Gasteiger partial charge >= 0.3 is 6.09 Å². The van der Waals surface area contributed by atoms with Crippen molar-refractivity contribution in [3.63, 3.8) is 0 Å². The Labute approximate surface area is 391 Å². The highest BCUT2D eigenvalue weighted by atomic mass is 35.5. The van der Waals surface area contributed by atoms with Crippen LogP contribution >= 0.6 is 23.1 Å². The van der Waals surface area contributed by atoms with Gasteiger partial charge in [0.05, 0.1) is 65.6 Å². The summed E-state index contributed by atoms with van der Waals surface area (Å²) in [5, 5.41) is 29.5. The van der Waals surface area contributed by atoms with Crippen molar-refractivity contribution in [3.8, 4) is 55.9 Å². The number of aromatic nitrogens is 9. The molecule has 17 nitrogen and oxygen atoms in total. The molecule has 334 valence electrons. The molecule has 0 aliphatic heterocycles. The molecule has 0 aliphatic rings. The monoisotopic (exact) mass is 929 g/mol. The molecular formula is C48H40ClN13O4S.